The van der Waals surface area contributed by atoms with Gasteiger partial charge in [-0.25, -0.2) is 0 Å². The number of carbonyl (C=O) groups is 5. The molecule has 3 unspecified atom stereocenters. The van der Waals surface area contributed by atoms with Crippen LogP contribution in [0, 0.1) is 0 Å². The summed E-state index contributed by atoms with van der Waals surface area (Å²) in [5, 5.41) is 40.9. The Balaban J connectivity index is -0.000000132. The fourth-order valence-corrected chi connectivity index (χ4v) is 2.99. The van der Waals surface area contributed by atoms with Crippen molar-refractivity contribution in [3.05, 3.63) is 0 Å². The van der Waals surface area contributed by atoms with Crippen LogP contribution in [-0.2, 0) is 46.3 Å². The van der Waals surface area contributed by atoms with Gasteiger partial charge in [-0.1, -0.05) is 0 Å². The van der Waals surface area contributed by atoms with Crippen molar-refractivity contribution in [1.82, 2.24) is 0 Å². The molecular weight excluding hydrogens is 620 g/mol. The number of hydrogen-bond donors (Lipinski definition) is 9. The maximum Gasteiger partial charge on any atom is 0.335 e. The van der Waals surface area contributed by atoms with Gasteiger partial charge in [0.1, 0.15) is 24.2 Å². The molecule has 0 aromatic heterocycles. The molecule has 5 atom stereocenters. The number of rotatable bonds is 15. The van der Waals surface area contributed by atoms with Crippen LogP contribution in [0.4, 0.5) is 0 Å². The topological polar surface area (TPSA) is 342 Å². The summed E-state index contributed by atoms with van der Waals surface area (Å²) in [5.74, 6) is -3.38. The summed E-state index contributed by atoms with van der Waals surface area (Å²) in [6.45, 7) is 0. The van der Waals surface area contributed by atoms with Crippen molar-refractivity contribution in [1.29, 1.82) is 0 Å². The molecule has 0 aromatic carbocycles. The summed E-state index contributed by atoms with van der Waals surface area (Å²) in [7, 11) is -0.946. The Labute approximate surface area is 246 Å². The molecule has 0 radical (unpaired) electrons. The first-order chi connectivity index (χ1) is 18.3. The average molecular weight is 661 g/mol. The molecule has 13 N–H and O–H groups in total. The minimum Gasteiger partial charge on any atom is -0.481 e. The standard InChI is InChI=1S/C5H11NO3S.2C5H11NO2S.C4H7NO4.O2S/c1-10(9)3-2-4(6)5(7)8;2*1-9-3-2-4(6)5(7)8;5-2(4(8)9)1-3(6)7;1-3-2/h4H,2-3,6H2,1H3,(H,7,8);2*4H,2-3,6H2,1H3,(H,7,8);2H,1,5H2,(H,6,7)(H,8,9);/t;2*4-;;/m.00../s1. The molecule has 0 aliphatic carbocycles. The van der Waals surface area contributed by atoms with Gasteiger partial charge in [-0.3, -0.25) is 28.2 Å². The second-order valence-electron chi connectivity index (χ2n) is 7.07. The van der Waals surface area contributed by atoms with Crippen LogP contribution in [-0.4, -0.2) is 128 Å². The molecule has 0 heterocycles. The Morgan fingerprint density at radius 2 is 0.925 bits per heavy atom. The molecule has 0 rings (SSSR count). The molecule has 0 saturated carbocycles. The fraction of sp³-hybridized carbons (Fsp3) is 0.737. The molecule has 17 nitrogen and oxygen atoms in total. The molecular formula is C19H40N4O13S4. The highest BCUT2D eigenvalue weighted by Gasteiger charge is 2.14. The molecule has 0 amide bonds. The predicted molar refractivity (Wildman–Crippen MR) is 153 cm³/mol. The molecule has 21 heteroatoms. The van der Waals surface area contributed by atoms with E-state index in [1.165, 1.54) is 6.26 Å². The lowest BCUT2D eigenvalue weighted by Gasteiger charge is -2.02. The van der Waals surface area contributed by atoms with Gasteiger partial charge in [0.25, 0.3) is 0 Å². The zero-order valence-corrected chi connectivity index (χ0v) is 25.5. The molecule has 0 saturated heterocycles. The van der Waals surface area contributed by atoms with Gasteiger partial charge in [0.15, 0.2) is 0 Å². The van der Waals surface area contributed by atoms with Gasteiger partial charge in [-0.05, 0) is 43.3 Å². The van der Waals surface area contributed by atoms with Gasteiger partial charge in [-0.15, -0.1) is 0 Å². The molecule has 0 bridgehead atoms. The van der Waals surface area contributed by atoms with E-state index in [0.717, 1.165) is 11.5 Å². The number of aliphatic carboxylic acids is 5. The van der Waals surface area contributed by atoms with Crippen LogP contribution in [0.25, 0.3) is 0 Å². The van der Waals surface area contributed by atoms with Crippen LogP contribution >= 0.6 is 23.5 Å². The maximum atomic E-state index is 10.4. The van der Waals surface area contributed by atoms with E-state index in [1.54, 1.807) is 23.5 Å². The van der Waals surface area contributed by atoms with Gasteiger partial charge in [0.05, 0.1) is 6.42 Å². The van der Waals surface area contributed by atoms with Crippen LogP contribution < -0.4 is 22.9 Å². The van der Waals surface area contributed by atoms with E-state index >= 15 is 0 Å². The van der Waals surface area contributed by atoms with Crippen LogP contribution in [0.3, 0.4) is 0 Å². The van der Waals surface area contributed by atoms with Gasteiger partial charge >= 0.3 is 41.4 Å². The van der Waals surface area contributed by atoms with Crippen molar-refractivity contribution in [2.24, 2.45) is 22.9 Å². The van der Waals surface area contributed by atoms with Crippen molar-refractivity contribution in [2.45, 2.75) is 49.9 Å². The Bertz CT molecular complexity index is 763. The van der Waals surface area contributed by atoms with Crippen molar-refractivity contribution in [3.8, 4) is 0 Å². The second-order valence-corrected chi connectivity index (χ2v) is 10.7. The lowest BCUT2D eigenvalue weighted by atomic mass is 10.2. The quantitative estimate of drug-likeness (QED) is 0.0889. The number of thioether (sulfide) groups is 2. The monoisotopic (exact) mass is 660 g/mol. The molecule has 40 heavy (non-hydrogen) atoms. The zero-order chi connectivity index (χ0) is 32.8. The first-order valence-electron chi connectivity index (χ1n) is 10.7. The van der Waals surface area contributed by atoms with Crippen molar-refractivity contribution >= 4 is 75.7 Å². The maximum absolute atomic E-state index is 10.4. The van der Waals surface area contributed by atoms with Gasteiger partial charge in [-0.2, -0.15) is 31.9 Å². The van der Waals surface area contributed by atoms with Crippen LogP contribution in [0.2, 0.25) is 0 Å². The van der Waals surface area contributed by atoms with E-state index in [4.69, 9.17) is 56.9 Å². The van der Waals surface area contributed by atoms with E-state index in [-0.39, 0.29) is 6.42 Å². The summed E-state index contributed by atoms with van der Waals surface area (Å²) < 4.78 is 27.0. The minimum absolute atomic E-state index is 0.276. The third kappa shape index (κ3) is 45.8. The normalized spacial score (nSPS) is 13.1. The molecule has 238 valence electrons. The number of hydrogen-bond acceptors (Lipinski definition) is 14. The Morgan fingerprint density at radius 3 is 1.10 bits per heavy atom. The number of carboxylic acid groups (broad SMARTS) is 5. The van der Waals surface area contributed by atoms with Gasteiger partial charge in [0, 0.05) is 22.8 Å². The van der Waals surface area contributed by atoms with E-state index in [9.17, 15) is 28.2 Å². The molecule has 0 fully saturated rings. The van der Waals surface area contributed by atoms with Crippen molar-refractivity contribution in [2.75, 3.05) is 36.0 Å². The van der Waals surface area contributed by atoms with Crippen LogP contribution in [0.1, 0.15) is 25.7 Å². The smallest absolute Gasteiger partial charge is 0.335 e. The lowest BCUT2D eigenvalue weighted by molar-refractivity contribution is -0.144. The molecule has 0 aromatic rings. The number of nitrogens with two attached hydrogens (primary N) is 4. The second kappa shape index (κ2) is 33.1. The van der Waals surface area contributed by atoms with Crippen molar-refractivity contribution in [3.63, 3.8) is 0 Å². The summed E-state index contributed by atoms with van der Waals surface area (Å²) in [4.78, 5) is 49.8. The highest BCUT2D eigenvalue weighted by molar-refractivity contribution is 7.98. The first kappa shape index (κ1) is 47.6. The summed E-state index contributed by atoms with van der Waals surface area (Å²) in [5.41, 5.74) is 20.3. The highest BCUT2D eigenvalue weighted by atomic mass is 32.2. The average Bonchev–Trinajstić information content (AvgIpc) is 2.85. The van der Waals surface area contributed by atoms with Crippen LogP contribution in [0.5, 0.6) is 0 Å². The van der Waals surface area contributed by atoms with E-state index in [1.807, 2.05) is 12.5 Å². The highest BCUT2D eigenvalue weighted by Crippen LogP contribution is 1.98. The summed E-state index contributed by atoms with van der Waals surface area (Å²) in [6, 6.07) is -3.53. The third-order valence-electron chi connectivity index (χ3n) is 3.65. The van der Waals surface area contributed by atoms with Gasteiger partial charge in [0.2, 0.25) is 0 Å². The minimum atomic E-state index is -1.29. The first-order valence-corrected chi connectivity index (χ1v) is 15.9. The summed E-state index contributed by atoms with van der Waals surface area (Å²) >= 11 is 2.46. The zero-order valence-electron chi connectivity index (χ0n) is 22.2. The molecule has 0 spiro atoms. The predicted octanol–water partition coefficient (Wildman–Crippen LogP) is -2.33. The van der Waals surface area contributed by atoms with E-state index in [0.29, 0.717) is 18.6 Å². The van der Waals surface area contributed by atoms with E-state index in [2.05, 4.69) is 0 Å². The fourth-order valence-electron chi connectivity index (χ4n) is 1.43. The number of carboxylic acids is 5. The third-order valence-corrected chi connectivity index (χ3v) is 5.74. The Kier molecular flexibility index (Phi) is 39.4. The summed E-state index contributed by atoms with van der Waals surface area (Å²) in [6.07, 6.45) is 6.22. The van der Waals surface area contributed by atoms with Gasteiger partial charge < -0.3 is 48.5 Å². The SMILES string of the molecule is CS(=O)CCC(N)C(=O)O.CSCC[C@H](N)C(=O)O.CSCC[C@H](N)C(=O)O.NC(CC(=O)O)C(=O)O.O=S=O. The largest absolute Gasteiger partial charge is 0.481 e. The van der Waals surface area contributed by atoms with E-state index < -0.39 is 82.8 Å². The van der Waals surface area contributed by atoms with Crippen LogP contribution in [0.15, 0.2) is 0 Å². The Hall–Kier alpha value is -2.14. The Morgan fingerprint density at radius 1 is 0.650 bits per heavy atom. The van der Waals surface area contributed by atoms with Crippen molar-refractivity contribution < 1.29 is 62.1 Å². The molecule has 0 aliphatic heterocycles. The lowest BCUT2D eigenvalue weighted by Crippen LogP contribution is -2.32. The molecule has 0 aliphatic rings.